The molecule has 0 aliphatic carbocycles. The van der Waals surface area contributed by atoms with Crippen molar-refractivity contribution < 1.29 is 0 Å². The maximum Gasteiger partial charge on any atom is 0.0252 e. The van der Waals surface area contributed by atoms with Gasteiger partial charge in [-0.15, -0.1) is 0 Å². The van der Waals surface area contributed by atoms with Crippen LogP contribution in [0.25, 0.3) is 0 Å². The van der Waals surface area contributed by atoms with Gasteiger partial charge in [-0.3, -0.25) is 4.90 Å². The van der Waals surface area contributed by atoms with Crippen LogP contribution in [0.1, 0.15) is 48.0 Å². The number of hydrogen-bond acceptors (Lipinski definition) is 2. The second-order valence-electron chi connectivity index (χ2n) is 6.48. The van der Waals surface area contributed by atoms with Crippen molar-refractivity contribution in [3.8, 4) is 0 Å². The van der Waals surface area contributed by atoms with E-state index in [2.05, 4.69) is 51.8 Å². The molecule has 1 aliphatic heterocycles. The molecule has 2 heteroatoms. The van der Waals surface area contributed by atoms with Crippen molar-refractivity contribution in [3.05, 3.63) is 0 Å². The lowest BCUT2D eigenvalue weighted by Crippen LogP contribution is -2.62. The first-order chi connectivity index (χ1) is 7.35. The fraction of sp³-hybridized carbons (Fsp3) is 1.00. The fourth-order valence-electron chi connectivity index (χ4n) is 2.41. The van der Waals surface area contributed by atoms with Crippen LogP contribution in [0.15, 0.2) is 0 Å². The lowest BCUT2D eigenvalue weighted by molar-refractivity contribution is 0.0720. The first kappa shape index (κ1) is 14.0. The van der Waals surface area contributed by atoms with Gasteiger partial charge in [0.2, 0.25) is 0 Å². The van der Waals surface area contributed by atoms with Crippen LogP contribution < -0.4 is 5.32 Å². The van der Waals surface area contributed by atoms with Crippen LogP contribution in [0.5, 0.6) is 0 Å². The number of piperazine rings is 1. The van der Waals surface area contributed by atoms with Crippen LogP contribution in [-0.2, 0) is 0 Å². The van der Waals surface area contributed by atoms with Gasteiger partial charge >= 0.3 is 0 Å². The van der Waals surface area contributed by atoms with E-state index >= 15 is 0 Å². The van der Waals surface area contributed by atoms with Crippen LogP contribution in [0.3, 0.4) is 0 Å². The minimum atomic E-state index is 0.280. The summed E-state index contributed by atoms with van der Waals surface area (Å²) >= 11 is 0. The van der Waals surface area contributed by atoms with E-state index in [-0.39, 0.29) is 5.54 Å². The van der Waals surface area contributed by atoms with Gasteiger partial charge in [0.05, 0.1) is 0 Å². The van der Waals surface area contributed by atoms with Crippen molar-refractivity contribution in [2.24, 2.45) is 11.8 Å². The molecule has 0 aromatic carbocycles. The molecule has 1 saturated heterocycles. The molecule has 1 fully saturated rings. The molecule has 1 heterocycles. The van der Waals surface area contributed by atoms with E-state index in [1.54, 1.807) is 0 Å². The van der Waals surface area contributed by atoms with E-state index < -0.39 is 0 Å². The van der Waals surface area contributed by atoms with E-state index in [9.17, 15) is 0 Å². The topological polar surface area (TPSA) is 15.3 Å². The van der Waals surface area contributed by atoms with Crippen LogP contribution >= 0.6 is 0 Å². The van der Waals surface area contributed by atoms with Gasteiger partial charge in [-0.1, -0.05) is 27.7 Å². The molecule has 96 valence electrons. The van der Waals surface area contributed by atoms with Crippen LogP contribution in [-0.4, -0.2) is 36.1 Å². The zero-order chi connectivity index (χ0) is 12.3. The smallest absolute Gasteiger partial charge is 0.0252 e. The Morgan fingerprint density at radius 3 is 2.44 bits per heavy atom. The minimum Gasteiger partial charge on any atom is -0.309 e. The number of nitrogens with zero attached hydrogens (tertiary/aromatic N) is 1. The Morgan fingerprint density at radius 2 is 1.94 bits per heavy atom. The molecule has 1 aliphatic rings. The third-order valence-corrected chi connectivity index (χ3v) is 4.06. The highest BCUT2D eigenvalue weighted by Crippen LogP contribution is 2.20. The first-order valence-electron chi connectivity index (χ1n) is 6.84. The normalized spacial score (nSPS) is 28.3. The highest BCUT2D eigenvalue weighted by molar-refractivity contribution is 4.92. The van der Waals surface area contributed by atoms with Gasteiger partial charge in [-0.05, 0) is 32.1 Å². The average Bonchev–Trinajstić information content (AvgIpc) is 2.16. The Labute approximate surface area is 102 Å². The molecule has 2 nitrogen and oxygen atoms in total. The summed E-state index contributed by atoms with van der Waals surface area (Å²) in [5.74, 6) is 1.58. The van der Waals surface area contributed by atoms with Gasteiger partial charge in [-0.2, -0.15) is 0 Å². The van der Waals surface area contributed by atoms with E-state index in [1.165, 1.54) is 19.5 Å². The van der Waals surface area contributed by atoms with E-state index in [0.717, 1.165) is 24.4 Å². The van der Waals surface area contributed by atoms with Crippen LogP contribution in [0.2, 0.25) is 0 Å². The van der Waals surface area contributed by atoms with Crippen molar-refractivity contribution >= 4 is 0 Å². The maximum atomic E-state index is 3.65. The number of hydrogen-bond donors (Lipinski definition) is 1. The molecule has 0 spiro atoms. The summed E-state index contributed by atoms with van der Waals surface area (Å²) in [4.78, 5) is 2.70. The van der Waals surface area contributed by atoms with Gasteiger partial charge in [0.25, 0.3) is 0 Å². The monoisotopic (exact) mass is 226 g/mol. The molecule has 16 heavy (non-hydrogen) atoms. The largest absolute Gasteiger partial charge is 0.309 e. The lowest BCUT2D eigenvalue weighted by atomic mass is 9.92. The van der Waals surface area contributed by atoms with Crippen LogP contribution in [0, 0.1) is 11.8 Å². The number of nitrogens with one attached hydrogen (secondary N) is 1. The van der Waals surface area contributed by atoms with Crippen molar-refractivity contribution in [2.45, 2.75) is 59.5 Å². The standard InChI is InChI=1S/C14H30N2/c1-7-13-8-15-14(5,6)10-16(13)9-12(4)11(2)3/h11-13,15H,7-10H2,1-6H3. The molecule has 1 rings (SSSR count). The third kappa shape index (κ3) is 3.74. The van der Waals surface area contributed by atoms with Crippen LogP contribution in [0.4, 0.5) is 0 Å². The highest BCUT2D eigenvalue weighted by Gasteiger charge is 2.32. The molecule has 1 N–H and O–H groups in total. The zero-order valence-corrected chi connectivity index (χ0v) is 12.0. The molecular weight excluding hydrogens is 196 g/mol. The summed E-state index contributed by atoms with van der Waals surface area (Å²) in [7, 11) is 0. The number of rotatable bonds is 4. The maximum absolute atomic E-state index is 3.65. The molecule has 0 saturated carbocycles. The fourth-order valence-corrected chi connectivity index (χ4v) is 2.41. The summed E-state index contributed by atoms with van der Waals surface area (Å²) in [5.41, 5.74) is 0.280. The van der Waals surface area contributed by atoms with Gasteiger partial charge in [0, 0.05) is 31.2 Å². The minimum absolute atomic E-state index is 0.280. The Balaban J connectivity index is 2.58. The summed E-state index contributed by atoms with van der Waals surface area (Å²) in [6, 6.07) is 0.731. The summed E-state index contributed by atoms with van der Waals surface area (Å²) < 4.78 is 0. The molecule has 0 aromatic heterocycles. The molecule has 0 amide bonds. The van der Waals surface area contributed by atoms with Crippen molar-refractivity contribution in [1.82, 2.24) is 10.2 Å². The first-order valence-corrected chi connectivity index (χ1v) is 6.84. The molecule has 0 radical (unpaired) electrons. The van der Waals surface area contributed by atoms with Crippen molar-refractivity contribution in [3.63, 3.8) is 0 Å². The second-order valence-corrected chi connectivity index (χ2v) is 6.48. The van der Waals surface area contributed by atoms with Gasteiger partial charge < -0.3 is 5.32 Å². The molecule has 2 unspecified atom stereocenters. The molecule has 0 aromatic rings. The average molecular weight is 226 g/mol. The van der Waals surface area contributed by atoms with Gasteiger partial charge in [0.1, 0.15) is 0 Å². The van der Waals surface area contributed by atoms with Crippen molar-refractivity contribution in [1.29, 1.82) is 0 Å². The lowest BCUT2D eigenvalue weighted by Gasteiger charge is -2.45. The van der Waals surface area contributed by atoms with Crippen molar-refractivity contribution in [2.75, 3.05) is 19.6 Å². The Bertz CT molecular complexity index is 211. The Kier molecular flexibility index (Phi) is 4.81. The second kappa shape index (κ2) is 5.50. The van der Waals surface area contributed by atoms with Gasteiger partial charge in [-0.25, -0.2) is 0 Å². The molecule has 2 atom stereocenters. The zero-order valence-electron chi connectivity index (χ0n) is 12.0. The summed E-state index contributed by atoms with van der Waals surface area (Å²) in [6.45, 7) is 17.6. The van der Waals surface area contributed by atoms with E-state index in [1.807, 2.05) is 0 Å². The molecule has 0 bridgehead atoms. The predicted molar refractivity (Wildman–Crippen MR) is 71.7 cm³/mol. The SMILES string of the molecule is CCC1CNC(C)(C)CN1CC(C)C(C)C. The van der Waals surface area contributed by atoms with Gasteiger partial charge in [0.15, 0.2) is 0 Å². The molecular formula is C14H30N2. The predicted octanol–water partition coefficient (Wildman–Crippen LogP) is 2.74. The Morgan fingerprint density at radius 1 is 1.31 bits per heavy atom. The highest BCUT2D eigenvalue weighted by atomic mass is 15.2. The van der Waals surface area contributed by atoms with E-state index in [4.69, 9.17) is 0 Å². The Hall–Kier alpha value is -0.0800. The quantitative estimate of drug-likeness (QED) is 0.793. The summed E-state index contributed by atoms with van der Waals surface area (Å²) in [6.07, 6.45) is 1.26. The van der Waals surface area contributed by atoms with E-state index in [0.29, 0.717) is 0 Å². The summed E-state index contributed by atoms with van der Waals surface area (Å²) in [5, 5.41) is 3.65. The third-order valence-electron chi connectivity index (χ3n) is 4.06.